The standard InChI is InChI=1S/C9H17N3/c1-12(2)6-5-11-8-9(7-10)3-4-9/h11H,3-6,8H2,1-2H3. The predicted octanol–water partition coefficient (Wildman–Crippen LogP) is 0.441. The third-order valence-electron chi connectivity index (χ3n) is 2.29. The molecule has 68 valence electrons. The van der Waals surface area contributed by atoms with E-state index < -0.39 is 0 Å². The van der Waals surface area contributed by atoms with Crippen molar-refractivity contribution in [3.8, 4) is 6.07 Å². The van der Waals surface area contributed by atoms with E-state index in [-0.39, 0.29) is 5.41 Å². The van der Waals surface area contributed by atoms with Crippen LogP contribution in [0, 0.1) is 16.7 Å². The molecule has 0 aromatic heterocycles. The molecule has 0 saturated heterocycles. The van der Waals surface area contributed by atoms with Crippen LogP contribution in [0.2, 0.25) is 0 Å². The van der Waals surface area contributed by atoms with Crippen molar-refractivity contribution in [1.82, 2.24) is 10.2 Å². The van der Waals surface area contributed by atoms with Crippen molar-refractivity contribution >= 4 is 0 Å². The van der Waals surface area contributed by atoms with Crippen molar-refractivity contribution in [3.05, 3.63) is 0 Å². The lowest BCUT2D eigenvalue weighted by Crippen LogP contribution is -2.30. The number of nitrogens with zero attached hydrogens (tertiary/aromatic N) is 2. The Kier molecular flexibility index (Phi) is 3.07. The lowest BCUT2D eigenvalue weighted by molar-refractivity contribution is 0.393. The Morgan fingerprint density at radius 2 is 2.17 bits per heavy atom. The molecule has 0 unspecified atom stereocenters. The van der Waals surface area contributed by atoms with Crippen molar-refractivity contribution in [2.24, 2.45) is 5.41 Å². The summed E-state index contributed by atoms with van der Waals surface area (Å²) in [4.78, 5) is 2.14. The smallest absolute Gasteiger partial charge is 0.0703 e. The van der Waals surface area contributed by atoms with Crippen LogP contribution in [0.1, 0.15) is 12.8 Å². The van der Waals surface area contributed by atoms with E-state index in [0.717, 1.165) is 32.5 Å². The molecule has 1 aliphatic rings. The van der Waals surface area contributed by atoms with Gasteiger partial charge in [-0.1, -0.05) is 0 Å². The van der Waals surface area contributed by atoms with E-state index in [1.165, 1.54) is 0 Å². The zero-order chi connectivity index (χ0) is 9.03. The number of rotatable bonds is 5. The Bertz CT molecular complexity index is 177. The first-order chi connectivity index (χ1) is 5.68. The molecule has 0 atom stereocenters. The molecule has 0 aliphatic heterocycles. The van der Waals surface area contributed by atoms with E-state index in [1.54, 1.807) is 0 Å². The number of hydrogen-bond acceptors (Lipinski definition) is 3. The highest BCUT2D eigenvalue weighted by molar-refractivity contribution is 5.10. The van der Waals surface area contributed by atoms with E-state index >= 15 is 0 Å². The molecule has 1 rings (SSSR count). The van der Waals surface area contributed by atoms with E-state index in [9.17, 15) is 0 Å². The molecule has 3 nitrogen and oxygen atoms in total. The summed E-state index contributed by atoms with van der Waals surface area (Å²) in [6.45, 7) is 2.90. The van der Waals surface area contributed by atoms with Crippen LogP contribution in [-0.4, -0.2) is 38.6 Å². The van der Waals surface area contributed by atoms with Gasteiger partial charge < -0.3 is 10.2 Å². The van der Waals surface area contributed by atoms with Gasteiger partial charge in [-0.25, -0.2) is 0 Å². The predicted molar refractivity (Wildman–Crippen MR) is 48.7 cm³/mol. The summed E-state index contributed by atoms with van der Waals surface area (Å²) in [7, 11) is 4.11. The molecule has 3 heteroatoms. The lowest BCUT2D eigenvalue weighted by Gasteiger charge is -2.11. The Balaban J connectivity index is 2.00. The number of nitrogens with one attached hydrogen (secondary N) is 1. The maximum Gasteiger partial charge on any atom is 0.0703 e. The topological polar surface area (TPSA) is 39.1 Å². The second-order valence-electron chi connectivity index (χ2n) is 3.87. The first kappa shape index (κ1) is 9.50. The quantitative estimate of drug-likeness (QED) is 0.604. The summed E-state index contributed by atoms with van der Waals surface area (Å²) in [5.74, 6) is 0. The van der Waals surface area contributed by atoms with Crippen LogP contribution in [0.3, 0.4) is 0 Å². The molecule has 1 saturated carbocycles. The third kappa shape index (κ3) is 2.80. The Labute approximate surface area is 74.4 Å². The highest BCUT2D eigenvalue weighted by atomic mass is 15.1. The first-order valence-electron chi connectivity index (χ1n) is 4.45. The normalized spacial score (nSPS) is 19.2. The molecular formula is C9H17N3. The molecule has 0 aromatic rings. The number of hydrogen-bond donors (Lipinski definition) is 1. The summed E-state index contributed by atoms with van der Waals surface area (Å²) < 4.78 is 0. The molecule has 0 radical (unpaired) electrons. The first-order valence-corrected chi connectivity index (χ1v) is 4.45. The number of likely N-dealkylation sites (N-methyl/N-ethyl adjacent to an activating group) is 1. The van der Waals surface area contributed by atoms with Gasteiger partial charge in [0.25, 0.3) is 0 Å². The maximum absolute atomic E-state index is 8.76. The SMILES string of the molecule is CN(C)CCNCC1(C#N)CC1. The summed E-state index contributed by atoms with van der Waals surface area (Å²) >= 11 is 0. The Hall–Kier alpha value is -0.590. The van der Waals surface area contributed by atoms with Gasteiger partial charge in [0.05, 0.1) is 11.5 Å². The van der Waals surface area contributed by atoms with Gasteiger partial charge in [0.2, 0.25) is 0 Å². The Morgan fingerprint density at radius 3 is 2.58 bits per heavy atom. The summed E-state index contributed by atoms with van der Waals surface area (Å²) in [6, 6.07) is 2.36. The summed E-state index contributed by atoms with van der Waals surface area (Å²) in [6.07, 6.45) is 2.16. The zero-order valence-corrected chi connectivity index (χ0v) is 7.93. The molecular weight excluding hydrogens is 150 g/mol. The molecule has 0 aromatic carbocycles. The molecule has 0 spiro atoms. The zero-order valence-electron chi connectivity index (χ0n) is 7.93. The molecule has 1 N–H and O–H groups in total. The molecule has 1 aliphatic carbocycles. The molecule has 0 bridgehead atoms. The van der Waals surface area contributed by atoms with Crippen LogP contribution < -0.4 is 5.32 Å². The maximum atomic E-state index is 8.76. The highest BCUT2D eigenvalue weighted by Gasteiger charge is 2.42. The van der Waals surface area contributed by atoms with Crippen LogP contribution in [0.5, 0.6) is 0 Å². The second kappa shape index (κ2) is 3.88. The molecule has 1 fully saturated rings. The molecule has 0 heterocycles. The minimum atomic E-state index is 0.00626. The van der Waals surface area contributed by atoms with E-state index in [0.29, 0.717) is 0 Å². The fraction of sp³-hybridized carbons (Fsp3) is 0.889. The van der Waals surface area contributed by atoms with Crippen molar-refractivity contribution < 1.29 is 0 Å². The molecule has 12 heavy (non-hydrogen) atoms. The van der Waals surface area contributed by atoms with E-state index in [1.807, 2.05) is 0 Å². The van der Waals surface area contributed by atoms with Crippen LogP contribution >= 0.6 is 0 Å². The van der Waals surface area contributed by atoms with Crippen LogP contribution in [0.25, 0.3) is 0 Å². The lowest BCUT2D eigenvalue weighted by atomic mass is 10.1. The van der Waals surface area contributed by atoms with Gasteiger partial charge in [0, 0.05) is 19.6 Å². The minimum absolute atomic E-state index is 0.00626. The summed E-state index contributed by atoms with van der Waals surface area (Å²) in [5, 5.41) is 12.1. The number of nitriles is 1. The average Bonchev–Trinajstić information content (AvgIpc) is 2.79. The van der Waals surface area contributed by atoms with Crippen LogP contribution in [0.15, 0.2) is 0 Å². The Morgan fingerprint density at radius 1 is 1.50 bits per heavy atom. The van der Waals surface area contributed by atoms with Gasteiger partial charge in [-0.05, 0) is 26.9 Å². The minimum Gasteiger partial charge on any atom is -0.314 e. The van der Waals surface area contributed by atoms with E-state index in [2.05, 4.69) is 30.4 Å². The van der Waals surface area contributed by atoms with Gasteiger partial charge in [-0.3, -0.25) is 0 Å². The van der Waals surface area contributed by atoms with Gasteiger partial charge in [0.15, 0.2) is 0 Å². The fourth-order valence-electron chi connectivity index (χ4n) is 1.11. The van der Waals surface area contributed by atoms with Gasteiger partial charge >= 0.3 is 0 Å². The van der Waals surface area contributed by atoms with Gasteiger partial charge in [-0.2, -0.15) is 5.26 Å². The monoisotopic (exact) mass is 167 g/mol. The van der Waals surface area contributed by atoms with Crippen molar-refractivity contribution in [1.29, 1.82) is 5.26 Å². The van der Waals surface area contributed by atoms with Crippen molar-refractivity contribution in [2.45, 2.75) is 12.8 Å². The van der Waals surface area contributed by atoms with Gasteiger partial charge in [0.1, 0.15) is 0 Å². The average molecular weight is 167 g/mol. The van der Waals surface area contributed by atoms with Crippen LogP contribution in [0.4, 0.5) is 0 Å². The fourth-order valence-corrected chi connectivity index (χ4v) is 1.11. The second-order valence-corrected chi connectivity index (χ2v) is 3.87. The van der Waals surface area contributed by atoms with Crippen molar-refractivity contribution in [2.75, 3.05) is 33.7 Å². The largest absolute Gasteiger partial charge is 0.314 e. The van der Waals surface area contributed by atoms with Crippen molar-refractivity contribution in [3.63, 3.8) is 0 Å². The van der Waals surface area contributed by atoms with E-state index in [4.69, 9.17) is 5.26 Å². The summed E-state index contributed by atoms with van der Waals surface area (Å²) in [5.41, 5.74) is 0.00626. The third-order valence-corrected chi connectivity index (χ3v) is 2.29. The van der Waals surface area contributed by atoms with Crippen LogP contribution in [-0.2, 0) is 0 Å². The molecule has 0 amide bonds. The highest BCUT2D eigenvalue weighted by Crippen LogP contribution is 2.43. The van der Waals surface area contributed by atoms with Gasteiger partial charge in [-0.15, -0.1) is 0 Å².